The number of rotatable bonds is 7. The molecule has 1 fully saturated rings. The Morgan fingerprint density at radius 2 is 2.00 bits per heavy atom. The minimum atomic E-state index is 0.153. The zero-order valence-electron chi connectivity index (χ0n) is 11.7. The maximum absolute atomic E-state index is 12.1. The van der Waals surface area contributed by atoms with Crippen LogP contribution in [0, 0.1) is 0 Å². The molecule has 0 N–H and O–H groups in total. The van der Waals surface area contributed by atoms with E-state index < -0.39 is 0 Å². The first-order valence-corrected chi connectivity index (χ1v) is 6.88. The number of hydrogen-bond donors (Lipinski definition) is 0. The van der Waals surface area contributed by atoms with Crippen molar-refractivity contribution >= 4 is 5.91 Å². The van der Waals surface area contributed by atoms with Crippen LogP contribution < -0.4 is 0 Å². The summed E-state index contributed by atoms with van der Waals surface area (Å²) in [6.07, 6.45) is 2.29. The average Bonchev–Trinajstić information content (AvgIpc) is 3.23. The lowest BCUT2D eigenvalue weighted by atomic mass is 10.2. The van der Waals surface area contributed by atoms with Crippen LogP contribution in [0.4, 0.5) is 0 Å². The van der Waals surface area contributed by atoms with Crippen LogP contribution in [0.2, 0.25) is 0 Å². The highest BCUT2D eigenvalue weighted by Gasteiger charge is 2.31. The molecule has 0 saturated heterocycles. The lowest BCUT2D eigenvalue weighted by molar-refractivity contribution is -0.167. The van der Waals surface area contributed by atoms with E-state index in [-0.39, 0.29) is 5.91 Å². The fourth-order valence-electron chi connectivity index (χ4n) is 2.11. The Bertz CT molecular complexity index is 404. The number of carbonyl (C=O) groups is 1. The maximum atomic E-state index is 12.1. The van der Waals surface area contributed by atoms with E-state index in [1.54, 1.807) is 5.06 Å². The van der Waals surface area contributed by atoms with Gasteiger partial charge in [-0.3, -0.25) is 9.63 Å². The Morgan fingerprint density at radius 3 is 2.58 bits per heavy atom. The average molecular weight is 262 g/mol. The zero-order valence-corrected chi connectivity index (χ0v) is 11.7. The first-order valence-electron chi connectivity index (χ1n) is 6.88. The van der Waals surface area contributed by atoms with Crippen LogP contribution in [0.1, 0.15) is 25.3 Å². The van der Waals surface area contributed by atoms with E-state index in [0.717, 1.165) is 24.9 Å². The molecule has 104 valence electrons. The summed E-state index contributed by atoms with van der Waals surface area (Å²) in [5.74, 6) is 0.153. The second kappa shape index (κ2) is 6.68. The summed E-state index contributed by atoms with van der Waals surface area (Å²) in [5.41, 5.74) is 1.11. The minimum Gasteiger partial charge on any atom is -0.339 e. The maximum Gasteiger partial charge on any atom is 0.239 e. The van der Waals surface area contributed by atoms with Gasteiger partial charge in [-0.05, 0) is 25.3 Å². The summed E-state index contributed by atoms with van der Waals surface area (Å²) in [6.45, 7) is 3.63. The Kier molecular flexibility index (Phi) is 4.93. The smallest absolute Gasteiger partial charge is 0.239 e. The molecule has 1 saturated carbocycles. The van der Waals surface area contributed by atoms with Crippen molar-refractivity contribution in [1.82, 2.24) is 9.96 Å². The van der Waals surface area contributed by atoms with Crippen molar-refractivity contribution in [2.24, 2.45) is 0 Å². The summed E-state index contributed by atoms with van der Waals surface area (Å²) < 4.78 is 0. The third kappa shape index (κ3) is 4.33. The van der Waals surface area contributed by atoms with Crippen molar-refractivity contribution in [2.45, 2.75) is 32.4 Å². The molecule has 0 aliphatic heterocycles. The van der Waals surface area contributed by atoms with Crippen LogP contribution >= 0.6 is 0 Å². The number of likely N-dealkylation sites (N-methyl/N-ethyl adjacent to an activating group) is 2. The molecule has 1 aliphatic rings. The number of carbonyl (C=O) groups excluding carboxylic acids is 1. The molecular formula is C15H22N2O2. The van der Waals surface area contributed by atoms with Gasteiger partial charge in [0.2, 0.25) is 5.91 Å². The highest BCUT2D eigenvalue weighted by molar-refractivity contribution is 5.78. The molecule has 1 amide bonds. The summed E-state index contributed by atoms with van der Waals surface area (Å²) in [5, 5.41) is 1.63. The number of hydrogen-bond acceptors (Lipinski definition) is 3. The lowest BCUT2D eigenvalue weighted by Gasteiger charge is -2.23. The van der Waals surface area contributed by atoms with Crippen LogP contribution in [0.3, 0.4) is 0 Å². The third-order valence-electron chi connectivity index (χ3n) is 3.30. The fourth-order valence-corrected chi connectivity index (χ4v) is 2.11. The van der Waals surface area contributed by atoms with Crippen molar-refractivity contribution in [3.05, 3.63) is 35.9 Å². The van der Waals surface area contributed by atoms with E-state index in [2.05, 4.69) is 0 Å². The molecule has 1 aromatic carbocycles. The van der Waals surface area contributed by atoms with Gasteiger partial charge in [0.1, 0.15) is 6.54 Å². The van der Waals surface area contributed by atoms with Gasteiger partial charge >= 0.3 is 0 Å². The van der Waals surface area contributed by atoms with E-state index in [1.165, 1.54) is 0 Å². The van der Waals surface area contributed by atoms with Crippen molar-refractivity contribution in [3.63, 3.8) is 0 Å². The molecule has 0 bridgehead atoms. The molecule has 4 heteroatoms. The van der Waals surface area contributed by atoms with Gasteiger partial charge in [0.25, 0.3) is 0 Å². The van der Waals surface area contributed by atoms with Crippen molar-refractivity contribution in [2.75, 3.05) is 20.1 Å². The highest BCUT2D eigenvalue weighted by Crippen LogP contribution is 2.26. The number of hydroxylamine groups is 2. The second-order valence-corrected chi connectivity index (χ2v) is 4.96. The molecule has 0 spiro atoms. The number of amides is 1. The van der Waals surface area contributed by atoms with E-state index in [4.69, 9.17) is 4.84 Å². The molecule has 0 radical (unpaired) electrons. The Balaban J connectivity index is 1.74. The van der Waals surface area contributed by atoms with Gasteiger partial charge in [-0.1, -0.05) is 30.3 Å². The van der Waals surface area contributed by atoms with Gasteiger partial charge in [-0.2, -0.15) is 5.06 Å². The molecule has 0 unspecified atom stereocenters. The fraction of sp³-hybridized carbons (Fsp3) is 0.533. The molecule has 0 aromatic heterocycles. The van der Waals surface area contributed by atoms with Gasteiger partial charge in [0.05, 0.1) is 6.61 Å². The van der Waals surface area contributed by atoms with Gasteiger partial charge in [0, 0.05) is 19.6 Å². The zero-order chi connectivity index (χ0) is 13.7. The molecule has 0 heterocycles. The van der Waals surface area contributed by atoms with E-state index in [1.807, 2.05) is 49.2 Å². The predicted molar refractivity (Wildman–Crippen MR) is 74.3 cm³/mol. The van der Waals surface area contributed by atoms with Crippen LogP contribution in [0.15, 0.2) is 30.3 Å². The molecule has 0 atom stereocenters. The number of nitrogens with zero attached hydrogens (tertiary/aromatic N) is 2. The standard InChI is InChI=1S/C15H22N2O2/c1-3-17(14-9-10-14)15(18)11-16(2)19-12-13-7-5-4-6-8-13/h4-8,14H,3,9-12H2,1-2H3. The molecule has 4 nitrogen and oxygen atoms in total. The first-order chi connectivity index (χ1) is 9.20. The minimum absolute atomic E-state index is 0.153. The van der Waals surface area contributed by atoms with Gasteiger partial charge in [-0.15, -0.1) is 0 Å². The Labute approximate surface area is 114 Å². The number of benzene rings is 1. The summed E-state index contributed by atoms with van der Waals surface area (Å²) in [7, 11) is 1.81. The normalized spacial score (nSPS) is 14.7. The third-order valence-corrected chi connectivity index (χ3v) is 3.30. The summed E-state index contributed by atoms with van der Waals surface area (Å²) in [6, 6.07) is 10.4. The SMILES string of the molecule is CCN(C(=O)CN(C)OCc1ccccc1)C1CC1. The second-order valence-electron chi connectivity index (χ2n) is 4.96. The van der Waals surface area contributed by atoms with E-state index >= 15 is 0 Å². The van der Waals surface area contributed by atoms with Crippen molar-refractivity contribution in [1.29, 1.82) is 0 Å². The first kappa shape index (κ1) is 14.0. The Morgan fingerprint density at radius 1 is 1.32 bits per heavy atom. The molecule has 1 aromatic rings. The monoisotopic (exact) mass is 262 g/mol. The van der Waals surface area contributed by atoms with Crippen molar-refractivity contribution < 1.29 is 9.63 Å². The largest absolute Gasteiger partial charge is 0.339 e. The van der Waals surface area contributed by atoms with Gasteiger partial charge in [-0.25, -0.2) is 0 Å². The van der Waals surface area contributed by atoms with Gasteiger partial charge < -0.3 is 4.90 Å². The van der Waals surface area contributed by atoms with Gasteiger partial charge in [0.15, 0.2) is 0 Å². The molecule has 2 rings (SSSR count). The Hall–Kier alpha value is -1.39. The summed E-state index contributed by atoms with van der Waals surface area (Å²) >= 11 is 0. The van der Waals surface area contributed by atoms with Crippen LogP contribution in [-0.2, 0) is 16.2 Å². The van der Waals surface area contributed by atoms with Crippen LogP contribution in [0.25, 0.3) is 0 Å². The van der Waals surface area contributed by atoms with Crippen LogP contribution in [0.5, 0.6) is 0 Å². The molecular weight excluding hydrogens is 240 g/mol. The molecule has 19 heavy (non-hydrogen) atoms. The quantitative estimate of drug-likeness (QED) is 0.705. The van der Waals surface area contributed by atoms with Crippen molar-refractivity contribution in [3.8, 4) is 0 Å². The van der Waals surface area contributed by atoms with E-state index in [9.17, 15) is 4.79 Å². The summed E-state index contributed by atoms with van der Waals surface area (Å²) in [4.78, 5) is 19.6. The van der Waals surface area contributed by atoms with Crippen LogP contribution in [-0.4, -0.2) is 42.0 Å². The highest BCUT2D eigenvalue weighted by atomic mass is 16.7. The molecule has 1 aliphatic carbocycles. The van der Waals surface area contributed by atoms with E-state index in [0.29, 0.717) is 19.2 Å². The lowest BCUT2D eigenvalue weighted by Crippen LogP contribution is -2.40. The topological polar surface area (TPSA) is 32.8 Å². The predicted octanol–water partition coefficient (Wildman–Crippen LogP) is 2.06.